The summed E-state index contributed by atoms with van der Waals surface area (Å²) < 4.78 is 18.8. The van der Waals surface area contributed by atoms with Gasteiger partial charge in [0.2, 0.25) is 0 Å². The first-order chi connectivity index (χ1) is 11.0. The van der Waals surface area contributed by atoms with Crippen molar-refractivity contribution in [1.82, 2.24) is 9.88 Å². The van der Waals surface area contributed by atoms with Gasteiger partial charge in [0.15, 0.2) is 5.78 Å². The summed E-state index contributed by atoms with van der Waals surface area (Å²) >= 11 is 0. The zero-order valence-corrected chi connectivity index (χ0v) is 13.4. The zero-order valence-electron chi connectivity index (χ0n) is 13.4. The first-order valence-corrected chi connectivity index (χ1v) is 7.82. The minimum atomic E-state index is -0.255. The molecule has 23 heavy (non-hydrogen) atoms. The molecule has 2 heterocycles. The van der Waals surface area contributed by atoms with Gasteiger partial charge in [-0.1, -0.05) is 12.1 Å². The maximum atomic E-state index is 13.0. The lowest BCUT2D eigenvalue weighted by Gasteiger charge is -2.32. The van der Waals surface area contributed by atoms with Gasteiger partial charge in [-0.2, -0.15) is 0 Å². The Hall–Kier alpha value is -1.98. The minimum Gasteiger partial charge on any atom is -0.371 e. The van der Waals surface area contributed by atoms with Crippen molar-refractivity contribution >= 4 is 5.78 Å². The number of carbonyl (C=O) groups excluding carboxylic acids is 1. The van der Waals surface area contributed by atoms with Crippen molar-refractivity contribution in [2.24, 2.45) is 0 Å². The molecule has 5 heteroatoms. The van der Waals surface area contributed by atoms with Crippen LogP contribution in [0.15, 0.2) is 30.3 Å². The zero-order chi connectivity index (χ0) is 16.4. The topological polar surface area (TPSA) is 45.3 Å². The Morgan fingerprint density at radius 1 is 1.35 bits per heavy atom. The number of rotatable bonds is 4. The number of morpholine rings is 1. The van der Waals surface area contributed by atoms with Crippen LogP contribution in [0.5, 0.6) is 0 Å². The Bertz CT molecular complexity index is 694. The predicted molar refractivity (Wildman–Crippen MR) is 86.1 cm³/mol. The average Bonchev–Trinajstić information content (AvgIpc) is 2.87. The van der Waals surface area contributed by atoms with E-state index in [9.17, 15) is 9.18 Å². The molecule has 0 spiro atoms. The van der Waals surface area contributed by atoms with Crippen LogP contribution in [-0.4, -0.2) is 41.9 Å². The Kier molecular flexibility index (Phi) is 4.59. The standard InChI is InChI=1S/C18H21FN2O2/c1-12-9-16(13(2)20-12)17(22)10-21-7-8-23-18(11-21)14-3-5-15(19)6-4-14/h3-6,9,18,20H,7-8,10-11H2,1-2H3. The first-order valence-electron chi connectivity index (χ1n) is 7.82. The fourth-order valence-electron chi connectivity index (χ4n) is 3.03. The highest BCUT2D eigenvalue weighted by molar-refractivity contribution is 5.98. The summed E-state index contributed by atoms with van der Waals surface area (Å²) in [4.78, 5) is 17.7. The number of hydrogen-bond donors (Lipinski definition) is 1. The third-order valence-corrected chi connectivity index (χ3v) is 4.21. The molecule has 1 aliphatic heterocycles. The molecule has 1 unspecified atom stereocenters. The van der Waals surface area contributed by atoms with Crippen LogP contribution in [-0.2, 0) is 4.74 Å². The summed E-state index contributed by atoms with van der Waals surface area (Å²) in [6.07, 6.45) is -0.119. The number of carbonyl (C=O) groups is 1. The van der Waals surface area contributed by atoms with Gasteiger partial charge in [-0.05, 0) is 37.6 Å². The quantitative estimate of drug-likeness (QED) is 0.882. The van der Waals surface area contributed by atoms with E-state index in [1.165, 1.54) is 12.1 Å². The van der Waals surface area contributed by atoms with Crippen LogP contribution in [0.25, 0.3) is 0 Å². The van der Waals surface area contributed by atoms with Gasteiger partial charge in [-0.15, -0.1) is 0 Å². The smallest absolute Gasteiger partial charge is 0.178 e. The number of H-pyrrole nitrogens is 1. The predicted octanol–water partition coefficient (Wildman–Crippen LogP) is 3.03. The van der Waals surface area contributed by atoms with E-state index in [2.05, 4.69) is 9.88 Å². The van der Waals surface area contributed by atoms with E-state index in [0.717, 1.165) is 29.1 Å². The third kappa shape index (κ3) is 3.68. The SMILES string of the molecule is Cc1cc(C(=O)CN2CCOC(c3ccc(F)cc3)C2)c(C)[nH]1. The van der Waals surface area contributed by atoms with Gasteiger partial charge in [-0.3, -0.25) is 9.69 Å². The second-order valence-electron chi connectivity index (χ2n) is 6.06. The first kappa shape index (κ1) is 15.9. The van der Waals surface area contributed by atoms with Crippen LogP contribution in [0.4, 0.5) is 4.39 Å². The summed E-state index contributed by atoms with van der Waals surface area (Å²) in [7, 11) is 0. The van der Waals surface area contributed by atoms with Gasteiger partial charge in [0, 0.05) is 30.0 Å². The fourth-order valence-corrected chi connectivity index (χ4v) is 3.03. The second-order valence-corrected chi connectivity index (χ2v) is 6.06. The molecule has 1 aromatic heterocycles. The lowest BCUT2D eigenvalue weighted by Crippen LogP contribution is -2.41. The molecule has 1 atom stereocenters. The van der Waals surface area contributed by atoms with E-state index in [0.29, 0.717) is 19.7 Å². The molecule has 0 saturated carbocycles. The third-order valence-electron chi connectivity index (χ3n) is 4.21. The van der Waals surface area contributed by atoms with Crippen LogP contribution in [0.1, 0.15) is 33.4 Å². The summed E-state index contributed by atoms with van der Waals surface area (Å²) in [6, 6.07) is 8.26. The van der Waals surface area contributed by atoms with Crippen molar-refractivity contribution in [2.75, 3.05) is 26.2 Å². The lowest BCUT2D eigenvalue weighted by molar-refractivity contribution is -0.0275. The Labute approximate surface area is 135 Å². The van der Waals surface area contributed by atoms with E-state index in [1.54, 1.807) is 12.1 Å². The molecule has 1 fully saturated rings. The van der Waals surface area contributed by atoms with E-state index in [1.807, 2.05) is 19.9 Å². The van der Waals surface area contributed by atoms with Crippen LogP contribution < -0.4 is 0 Å². The number of benzene rings is 1. The molecule has 3 rings (SSSR count). The number of nitrogens with zero attached hydrogens (tertiary/aromatic N) is 1. The molecule has 2 aromatic rings. The van der Waals surface area contributed by atoms with Gasteiger partial charge in [0.1, 0.15) is 5.82 Å². The molecular weight excluding hydrogens is 295 g/mol. The Morgan fingerprint density at radius 2 is 2.09 bits per heavy atom. The molecule has 122 valence electrons. The minimum absolute atomic E-state index is 0.117. The molecule has 4 nitrogen and oxygen atoms in total. The molecule has 0 aliphatic carbocycles. The molecule has 1 saturated heterocycles. The molecular formula is C18H21FN2O2. The number of aromatic nitrogens is 1. The van der Waals surface area contributed by atoms with E-state index in [-0.39, 0.29) is 17.7 Å². The number of nitrogens with one attached hydrogen (secondary N) is 1. The monoisotopic (exact) mass is 316 g/mol. The number of ketones is 1. The fraction of sp³-hybridized carbons (Fsp3) is 0.389. The highest BCUT2D eigenvalue weighted by Gasteiger charge is 2.24. The maximum absolute atomic E-state index is 13.0. The van der Waals surface area contributed by atoms with Crippen molar-refractivity contribution in [3.05, 3.63) is 58.7 Å². The van der Waals surface area contributed by atoms with Crippen molar-refractivity contribution in [3.8, 4) is 0 Å². The van der Waals surface area contributed by atoms with E-state index >= 15 is 0 Å². The van der Waals surface area contributed by atoms with Gasteiger partial charge < -0.3 is 9.72 Å². The van der Waals surface area contributed by atoms with Crippen LogP contribution in [0.3, 0.4) is 0 Å². The number of halogens is 1. The van der Waals surface area contributed by atoms with Crippen LogP contribution >= 0.6 is 0 Å². The average molecular weight is 316 g/mol. The highest BCUT2D eigenvalue weighted by Crippen LogP contribution is 2.23. The van der Waals surface area contributed by atoms with Crippen molar-refractivity contribution < 1.29 is 13.9 Å². The van der Waals surface area contributed by atoms with E-state index in [4.69, 9.17) is 4.74 Å². The largest absolute Gasteiger partial charge is 0.371 e. The van der Waals surface area contributed by atoms with Gasteiger partial charge in [0.25, 0.3) is 0 Å². The molecule has 1 aliphatic rings. The summed E-state index contributed by atoms with van der Waals surface area (Å²) in [5.74, 6) is -0.137. The number of aryl methyl sites for hydroxylation is 2. The Balaban J connectivity index is 1.65. The molecule has 0 bridgehead atoms. The van der Waals surface area contributed by atoms with Gasteiger partial charge >= 0.3 is 0 Å². The van der Waals surface area contributed by atoms with E-state index < -0.39 is 0 Å². The molecule has 1 N–H and O–H groups in total. The maximum Gasteiger partial charge on any atom is 0.178 e. The number of ether oxygens (including phenoxy) is 1. The van der Waals surface area contributed by atoms with Gasteiger partial charge in [0.05, 0.1) is 19.3 Å². The normalized spacial score (nSPS) is 19.0. The summed E-state index contributed by atoms with van der Waals surface area (Å²) in [5.41, 5.74) is 3.61. The van der Waals surface area contributed by atoms with Gasteiger partial charge in [-0.25, -0.2) is 4.39 Å². The lowest BCUT2D eigenvalue weighted by atomic mass is 10.1. The highest BCUT2D eigenvalue weighted by atomic mass is 19.1. The van der Waals surface area contributed by atoms with Crippen molar-refractivity contribution in [3.63, 3.8) is 0 Å². The number of hydrogen-bond acceptors (Lipinski definition) is 3. The molecule has 0 radical (unpaired) electrons. The van der Waals surface area contributed by atoms with Crippen LogP contribution in [0, 0.1) is 19.7 Å². The second kappa shape index (κ2) is 6.64. The molecule has 0 amide bonds. The van der Waals surface area contributed by atoms with Crippen molar-refractivity contribution in [1.29, 1.82) is 0 Å². The summed E-state index contributed by atoms with van der Waals surface area (Å²) in [6.45, 7) is 6.18. The Morgan fingerprint density at radius 3 is 2.74 bits per heavy atom. The summed E-state index contributed by atoms with van der Waals surface area (Å²) in [5, 5.41) is 0. The number of Topliss-reactive ketones (excluding diaryl/α,β-unsaturated/α-hetero) is 1. The molecule has 1 aromatic carbocycles. The van der Waals surface area contributed by atoms with Crippen LogP contribution in [0.2, 0.25) is 0 Å². The number of aromatic amines is 1. The van der Waals surface area contributed by atoms with Crippen molar-refractivity contribution in [2.45, 2.75) is 20.0 Å².